The lowest BCUT2D eigenvalue weighted by Crippen LogP contribution is -2.11. The van der Waals surface area contributed by atoms with Gasteiger partial charge in [0.2, 0.25) is 0 Å². The summed E-state index contributed by atoms with van der Waals surface area (Å²) >= 11 is 0. The summed E-state index contributed by atoms with van der Waals surface area (Å²) in [6, 6.07) is 5.26. The Labute approximate surface area is 170 Å². The molecular weight excluding hydrogens is 380 g/mol. The summed E-state index contributed by atoms with van der Waals surface area (Å²) in [5.74, 6) is 0.511. The summed E-state index contributed by atoms with van der Waals surface area (Å²) in [5.41, 5.74) is 5.24. The maximum Gasteiger partial charge on any atom is 0.196 e. The number of aryl methyl sites for hydroxylation is 4. The smallest absolute Gasteiger partial charge is 0.196 e. The van der Waals surface area contributed by atoms with Gasteiger partial charge < -0.3 is 13.6 Å². The van der Waals surface area contributed by atoms with Crippen LogP contribution in [0.25, 0.3) is 54.6 Å². The SMILES string of the molecule is COc1cc(C)c2oc3cc(=O)c4cc(C)c(C)c5oc6c(C)c(=O)c1c2c6c3c54. The Morgan fingerprint density at radius 1 is 0.700 bits per heavy atom. The zero-order chi connectivity index (χ0) is 21.1. The Kier molecular flexibility index (Phi) is 3.05. The average molecular weight is 398 g/mol. The highest BCUT2D eigenvalue weighted by Crippen LogP contribution is 2.46. The minimum Gasteiger partial charge on any atom is -0.496 e. The van der Waals surface area contributed by atoms with Crippen molar-refractivity contribution in [2.75, 3.05) is 7.11 Å². The van der Waals surface area contributed by atoms with Crippen LogP contribution in [0.2, 0.25) is 0 Å². The fraction of sp³-hybridized carbons (Fsp3) is 0.200. The van der Waals surface area contributed by atoms with Crippen molar-refractivity contribution in [3.63, 3.8) is 0 Å². The second-order valence-corrected chi connectivity index (χ2v) is 8.16. The molecule has 2 aromatic heterocycles. The Morgan fingerprint density at radius 2 is 1.40 bits per heavy atom. The summed E-state index contributed by atoms with van der Waals surface area (Å²) in [6.07, 6.45) is 0. The van der Waals surface area contributed by atoms with E-state index in [0.717, 1.165) is 32.8 Å². The lowest BCUT2D eigenvalue weighted by Gasteiger charge is -2.19. The Bertz CT molecular complexity index is 1800. The van der Waals surface area contributed by atoms with Gasteiger partial charge >= 0.3 is 0 Å². The number of hydrogen-bond donors (Lipinski definition) is 0. The van der Waals surface area contributed by atoms with Gasteiger partial charge in [-0.25, -0.2) is 0 Å². The Hall–Kier alpha value is -3.60. The van der Waals surface area contributed by atoms with Crippen LogP contribution in [0.3, 0.4) is 0 Å². The molecule has 0 atom stereocenters. The van der Waals surface area contributed by atoms with Gasteiger partial charge in [0.05, 0.1) is 12.5 Å². The van der Waals surface area contributed by atoms with Crippen LogP contribution in [-0.4, -0.2) is 7.11 Å². The molecule has 0 aliphatic rings. The highest BCUT2D eigenvalue weighted by molar-refractivity contribution is 6.33. The van der Waals surface area contributed by atoms with E-state index in [-0.39, 0.29) is 10.9 Å². The molecule has 0 saturated heterocycles. The fourth-order valence-corrected chi connectivity index (χ4v) is 4.87. The molecule has 0 fully saturated rings. The Morgan fingerprint density at radius 3 is 2.13 bits per heavy atom. The molecule has 0 spiro atoms. The second kappa shape index (κ2) is 5.30. The predicted molar refractivity (Wildman–Crippen MR) is 119 cm³/mol. The van der Waals surface area contributed by atoms with Crippen molar-refractivity contribution in [3.8, 4) is 5.75 Å². The molecule has 5 nitrogen and oxygen atoms in total. The van der Waals surface area contributed by atoms with Crippen molar-refractivity contribution in [2.24, 2.45) is 0 Å². The van der Waals surface area contributed by atoms with Crippen molar-refractivity contribution in [1.82, 2.24) is 0 Å². The largest absolute Gasteiger partial charge is 0.496 e. The first-order valence-electron chi connectivity index (χ1n) is 9.82. The molecule has 0 N–H and O–H groups in total. The van der Waals surface area contributed by atoms with Crippen LogP contribution < -0.4 is 15.6 Å². The van der Waals surface area contributed by atoms with E-state index in [1.54, 1.807) is 26.2 Å². The first-order chi connectivity index (χ1) is 14.3. The molecule has 5 heteroatoms. The third-order valence-electron chi connectivity index (χ3n) is 6.51. The molecule has 2 heterocycles. The van der Waals surface area contributed by atoms with Crippen LogP contribution in [0.4, 0.5) is 0 Å². The molecule has 30 heavy (non-hydrogen) atoms. The highest BCUT2D eigenvalue weighted by atomic mass is 16.5. The van der Waals surface area contributed by atoms with E-state index in [2.05, 4.69) is 0 Å². The first kappa shape index (κ1) is 17.3. The molecule has 0 unspecified atom stereocenters. The standard InChI is InChI=1S/C25H18O5/c1-9-6-13-14(26)8-16-18-17(13)24(11(9)3)30-25-12(4)22(27)19-15(28-5)7-10(2)23(29-16)21(19)20(18)25/h6-8H,1-5H3. The van der Waals surface area contributed by atoms with E-state index < -0.39 is 0 Å². The van der Waals surface area contributed by atoms with Crippen LogP contribution in [0.1, 0.15) is 22.3 Å². The molecule has 0 aliphatic carbocycles. The van der Waals surface area contributed by atoms with Crippen LogP contribution in [0.15, 0.2) is 36.6 Å². The van der Waals surface area contributed by atoms with E-state index in [9.17, 15) is 9.59 Å². The Balaban J connectivity index is 2.14. The fourth-order valence-electron chi connectivity index (χ4n) is 4.87. The van der Waals surface area contributed by atoms with E-state index >= 15 is 0 Å². The van der Waals surface area contributed by atoms with Crippen molar-refractivity contribution in [3.05, 3.63) is 60.9 Å². The molecule has 0 radical (unpaired) electrons. The van der Waals surface area contributed by atoms with Gasteiger partial charge in [-0.3, -0.25) is 9.59 Å². The van der Waals surface area contributed by atoms with Crippen molar-refractivity contribution < 1.29 is 13.6 Å². The van der Waals surface area contributed by atoms with Crippen LogP contribution in [0, 0.1) is 27.7 Å². The molecule has 0 bridgehead atoms. The van der Waals surface area contributed by atoms with Gasteiger partial charge in [-0.05, 0) is 56.5 Å². The predicted octanol–water partition coefficient (Wildman–Crippen LogP) is 5.48. The van der Waals surface area contributed by atoms with E-state index in [4.69, 9.17) is 13.6 Å². The summed E-state index contributed by atoms with van der Waals surface area (Å²) in [6.45, 7) is 7.60. The van der Waals surface area contributed by atoms with Gasteiger partial charge in [-0.2, -0.15) is 0 Å². The number of methoxy groups -OCH3 is 1. The van der Waals surface area contributed by atoms with Gasteiger partial charge in [0.25, 0.3) is 0 Å². The number of rotatable bonds is 1. The van der Waals surface area contributed by atoms with Crippen molar-refractivity contribution >= 4 is 54.6 Å². The molecule has 0 saturated carbocycles. The van der Waals surface area contributed by atoms with E-state index in [0.29, 0.717) is 49.8 Å². The maximum absolute atomic E-state index is 13.4. The molecular formula is C25H18O5. The normalized spacial score (nSPS) is 12.4. The molecule has 4 aromatic carbocycles. The van der Waals surface area contributed by atoms with Crippen LogP contribution in [0.5, 0.6) is 5.75 Å². The number of benzene rings is 4. The van der Waals surface area contributed by atoms with Crippen molar-refractivity contribution in [1.29, 1.82) is 0 Å². The summed E-state index contributed by atoms with van der Waals surface area (Å²) in [7, 11) is 1.56. The summed E-state index contributed by atoms with van der Waals surface area (Å²) < 4.78 is 18.2. The van der Waals surface area contributed by atoms with E-state index in [1.807, 2.05) is 26.8 Å². The van der Waals surface area contributed by atoms with Crippen LogP contribution >= 0.6 is 0 Å². The average Bonchev–Trinajstić information content (AvgIpc) is 2.73. The van der Waals surface area contributed by atoms with Gasteiger partial charge in [0, 0.05) is 38.6 Å². The minimum absolute atomic E-state index is 0.108. The summed E-state index contributed by atoms with van der Waals surface area (Å²) in [5, 5.41) is 4.14. The molecule has 0 amide bonds. The number of hydrogen-bond acceptors (Lipinski definition) is 5. The van der Waals surface area contributed by atoms with E-state index in [1.165, 1.54) is 0 Å². The third-order valence-corrected chi connectivity index (χ3v) is 6.51. The maximum atomic E-state index is 13.4. The molecule has 6 rings (SSSR count). The zero-order valence-corrected chi connectivity index (χ0v) is 17.3. The third kappa shape index (κ3) is 1.79. The highest BCUT2D eigenvalue weighted by Gasteiger charge is 2.27. The van der Waals surface area contributed by atoms with Gasteiger partial charge in [0.15, 0.2) is 10.9 Å². The molecule has 6 aromatic rings. The monoisotopic (exact) mass is 398 g/mol. The molecule has 148 valence electrons. The zero-order valence-electron chi connectivity index (χ0n) is 17.3. The van der Waals surface area contributed by atoms with Gasteiger partial charge in [-0.1, -0.05) is 0 Å². The van der Waals surface area contributed by atoms with Gasteiger partial charge in [0.1, 0.15) is 28.1 Å². The number of ether oxygens (including phenoxy) is 1. The minimum atomic E-state index is -0.139. The van der Waals surface area contributed by atoms with Gasteiger partial charge in [-0.15, -0.1) is 0 Å². The lowest BCUT2D eigenvalue weighted by atomic mass is 9.90. The first-order valence-corrected chi connectivity index (χ1v) is 9.82. The van der Waals surface area contributed by atoms with Crippen molar-refractivity contribution in [2.45, 2.75) is 27.7 Å². The topological polar surface area (TPSA) is 69.7 Å². The molecule has 0 aliphatic heterocycles. The lowest BCUT2D eigenvalue weighted by molar-refractivity contribution is 0.419. The van der Waals surface area contributed by atoms with Crippen LogP contribution in [-0.2, 0) is 0 Å². The second-order valence-electron chi connectivity index (χ2n) is 8.16. The quantitative estimate of drug-likeness (QED) is 0.271. The summed E-state index contributed by atoms with van der Waals surface area (Å²) in [4.78, 5) is 26.3.